The highest BCUT2D eigenvalue weighted by Gasteiger charge is 2.32. The number of hydrogen-bond acceptors (Lipinski definition) is 3. The zero-order valence-electron chi connectivity index (χ0n) is 7.68. The smallest absolute Gasteiger partial charge is 0.403 e. The van der Waals surface area contributed by atoms with Crippen molar-refractivity contribution in [2.75, 3.05) is 0 Å². The van der Waals surface area contributed by atoms with Crippen LogP contribution in [0.5, 0.6) is 5.75 Å². The van der Waals surface area contributed by atoms with Crippen LogP contribution >= 0.6 is 38.5 Å². The van der Waals surface area contributed by atoms with Gasteiger partial charge in [-0.15, -0.1) is 13.2 Å². The summed E-state index contributed by atoms with van der Waals surface area (Å²) in [5.41, 5.74) is 0.820. The van der Waals surface area contributed by atoms with Crippen LogP contribution in [-0.4, -0.2) is 16.5 Å². The highest BCUT2D eigenvalue weighted by Crippen LogP contribution is 2.31. The molecule has 0 radical (unpaired) electrons. The van der Waals surface area contributed by atoms with Crippen molar-refractivity contribution in [3.05, 3.63) is 21.0 Å². The van der Waals surface area contributed by atoms with Gasteiger partial charge in [-0.1, -0.05) is 15.9 Å². The lowest BCUT2D eigenvalue weighted by atomic mass is 10.2. The van der Waals surface area contributed by atoms with Crippen LogP contribution in [0, 0.1) is 3.57 Å². The van der Waals surface area contributed by atoms with Gasteiger partial charge in [-0.05, 0) is 22.6 Å². The molecule has 0 saturated heterocycles. The topological polar surface area (TPSA) is 42.4 Å². The van der Waals surface area contributed by atoms with E-state index in [9.17, 15) is 13.2 Å². The zero-order valence-corrected chi connectivity index (χ0v) is 11.4. The fraction of sp³-hybridized carbons (Fsp3) is 0.375. The first-order valence-corrected chi connectivity index (χ1v) is 6.18. The normalized spacial score (nSPS) is 11.6. The third kappa shape index (κ3) is 3.45. The second-order valence-corrected chi connectivity index (χ2v) is 4.34. The number of aliphatic hydroxyl groups excluding tert-OH is 1. The van der Waals surface area contributed by atoms with Crippen LogP contribution < -0.4 is 4.74 Å². The predicted octanol–water partition coefficient (Wildman–Crippen LogP) is 2.97. The van der Waals surface area contributed by atoms with Gasteiger partial charge in [-0.3, -0.25) is 4.98 Å². The van der Waals surface area contributed by atoms with Crippen LogP contribution in [-0.2, 0) is 11.9 Å². The number of aromatic nitrogens is 1. The van der Waals surface area contributed by atoms with E-state index in [0.29, 0.717) is 16.6 Å². The fourth-order valence-corrected chi connectivity index (χ4v) is 2.23. The van der Waals surface area contributed by atoms with Gasteiger partial charge in [0.15, 0.2) is 5.75 Å². The molecule has 0 amide bonds. The molecular formula is C8H6BrF3INO2. The molecule has 0 unspecified atom stereocenters. The van der Waals surface area contributed by atoms with Crippen molar-refractivity contribution in [3.63, 3.8) is 0 Å². The van der Waals surface area contributed by atoms with Crippen molar-refractivity contribution in [1.29, 1.82) is 0 Å². The zero-order chi connectivity index (χ0) is 12.3. The van der Waals surface area contributed by atoms with Crippen LogP contribution in [0.2, 0.25) is 0 Å². The second kappa shape index (κ2) is 5.50. The van der Waals surface area contributed by atoms with Gasteiger partial charge >= 0.3 is 6.36 Å². The minimum absolute atomic E-state index is 0.210. The van der Waals surface area contributed by atoms with Crippen LogP contribution in [0.25, 0.3) is 0 Å². The Morgan fingerprint density at radius 2 is 2.12 bits per heavy atom. The SMILES string of the molecule is OCc1c(CBr)ncc(OC(F)(F)F)c1I. The lowest BCUT2D eigenvalue weighted by molar-refractivity contribution is -0.275. The summed E-state index contributed by atoms with van der Waals surface area (Å²) >= 11 is 4.81. The maximum absolute atomic E-state index is 12.0. The third-order valence-electron chi connectivity index (χ3n) is 1.68. The highest BCUT2D eigenvalue weighted by molar-refractivity contribution is 14.1. The molecule has 0 fully saturated rings. The molecule has 0 aliphatic carbocycles. The molecule has 1 N–H and O–H groups in total. The Labute approximate surface area is 111 Å². The molecule has 8 heteroatoms. The van der Waals surface area contributed by atoms with E-state index in [2.05, 4.69) is 25.7 Å². The van der Waals surface area contributed by atoms with Crippen molar-refractivity contribution in [1.82, 2.24) is 4.98 Å². The average Bonchev–Trinajstić information content (AvgIpc) is 2.19. The van der Waals surface area contributed by atoms with Gasteiger partial charge in [0.2, 0.25) is 0 Å². The molecule has 1 heterocycles. The molecule has 0 aliphatic rings. The molecule has 0 bridgehead atoms. The molecule has 0 saturated carbocycles. The number of alkyl halides is 4. The van der Waals surface area contributed by atoms with Gasteiger partial charge in [-0.2, -0.15) is 0 Å². The highest BCUT2D eigenvalue weighted by atomic mass is 127. The summed E-state index contributed by atoms with van der Waals surface area (Å²) in [5.74, 6) is -0.401. The Morgan fingerprint density at radius 1 is 1.50 bits per heavy atom. The van der Waals surface area contributed by atoms with Gasteiger partial charge in [-0.25, -0.2) is 0 Å². The first-order chi connectivity index (χ1) is 7.39. The Bertz CT molecular complexity index is 386. The fourth-order valence-electron chi connectivity index (χ4n) is 1.02. The predicted molar refractivity (Wildman–Crippen MR) is 62.2 cm³/mol. The van der Waals surface area contributed by atoms with Crippen LogP contribution in [0.1, 0.15) is 11.3 Å². The summed E-state index contributed by atoms with van der Waals surface area (Å²) in [6, 6.07) is 0. The number of aliphatic hydroxyl groups is 1. The Hall–Kier alpha value is -0.0900. The summed E-state index contributed by atoms with van der Waals surface area (Å²) in [5, 5.41) is 9.40. The minimum Gasteiger partial charge on any atom is -0.403 e. The lowest BCUT2D eigenvalue weighted by Gasteiger charge is -2.13. The summed E-state index contributed by atoms with van der Waals surface area (Å²) < 4.78 is 40.0. The third-order valence-corrected chi connectivity index (χ3v) is 3.39. The monoisotopic (exact) mass is 411 g/mol. The van der Waals surface area contributed by atoms with E-state index in [1.165, 1.54) is 0 Å². The van der Waals surface area contributed by atoms with Crippen molar-refractivity contribution >= 4 is 38.5 Å². The largest absolute Gasteiger partial charge is 0.573 e. The molecule has 90 valence electrons. The molecule has 0 atom stereocenters. The standard InChI is InChI=1S/C8H6BrF3INO2/c9-1-5-4(3-15)7(13)6(2-14-5)16-8(10,11)12/h2,15H,1,3H2. The molecule has 1 aromatic heterocycles. The van der Waals surface area contributed by atoms with Gasteiger partial charge in [0, 0.05) is 10.9 Å². The Balaban J connectivity index is 3.14. The second-order valence-electron chi connectivity index (χ2n) is 2.70. The number of pyridine rings is 1. The van der Waals surface area contributed by atoms with Crippen molar-refractivity contribution in [2.45, 2.75) is 18.3 Å². The number of ether oxygens (including phenoxy) is 1. The van der Waals surface area contributed by atoms with Gasteiger partial charge < -0.3 is 9.84 Å². The average molecular weight is 412 g/mol. The molecule has 1 rings (SSSR count). The summed E-state index contributed by atoms with van der Waals surface area (Å²) in [6.07, 6.45) is -3.77. The van der Waals surface area contributed by atoms with E-state index < -0.39 is 12.1 Å². The molecular weight excluding hydrogens is 406 g/mol. The molecule has 16 heavy (non-hydrogen) atoms. The van der Waals surface area contributed by atoms with E-state index in [1.807, 2.05) is 0 Å². The molecule has 0 spiro atoms. The van der Waals surface area contributed by atoms with Crippen molar-refractivity contribution in [2.24, 2.45) is 0 Å². The Morgan fingerprint density at radius 3 is 2.56 bits per heavy atom. The first-order valence-electron chi connectivity index (χ1n) is 3.98. The quantitative estimate of drug-likeness (QED) is 0.614. The molecule has 1 aromatic rings. The number of rotatable bonds is 3. The summed E-state index contributed by atoms with van der Waals surface area (Å²) in [6.45, 7) is -0.388. The van der Waals surface area contributed by atoms with Crippen molar-refractivity contribution in [3.8, 4) is 5.75 Å². The number of nitrogens with zero attached hydrogens (tertiary/aromatic N) is 1. The number of halogens is 5. The van der Waals surface area contributed by atoms with Gasteiger partial charge in [0.25, 0.3) is 0 Å². The van der Waals surface area contributed by atoms with Crippen LogP contribution in [0.3, 0.4) is 0 Å². The lowest BCUT2D eigenvalue weighted by Crippen LogP contribution is -2.18. The van der Waals surface area contributed by atoms with E-state index in [4.69, 9.17) is 5.11 Å². The van der Waals surface area contributed by atoms with E-state index >= 15 is 0 Å². The van der Waals surface area contributed by atoms with Gasteiger partial charge in [0.05, 0.1) is 22.1 Å². The Kier molecular flexibility index (Phi) is 4.80. The summed E-state index contributed by atoms with van der Waals surface area (Å²) in [4.78, 5) is 3.78. The van der Waals surface area contributed by atoms with E-state index in [1.54, 1.807) is 22.6 Å². The van der Waals surface area contributed by atoms with E-state index in [-0.39, 0.29) is 10.2 Å². The van der Waals surface area contributed by atoms with E-state index in [0.717, 1.165) is 6.20 Å². The maximum atomic E-state index is 12.0. The molecule has 0 aliphatic heterocycles. The minimum atomic E-state index is -4.76. The van der Waals surface area contributed by atoms with Crippen LogP contribution in [0.15, 0.2) is 6.20 Å². The maximum Gasteiger partial charge on any atom is 0.573 e. The summed E-state index contributed by atoms with van der Waals surface area (Å²) in [7, 11) is 0. The molecule has 0 aromatic carbocycles. The first kappa shape index (κ1) is 14.0. The number of hydrogen-bond donors (Lipinski definition) is 1. The van der Waals surface area contributed by atoms with Crippen molar-refractivity contribution < 1.29 is 23.0 Å². The van der Waals surface area contributed by atoms with Gasteiger partial charge in [0.1, 0.15) is 0 Å². The van der Waals surface area contributed by atoms with Crippen LogP contribution in [0.4, 0.5) is 13.2 Å². The molecule has 3 nitrogen and oxygen atoms in total.